The monoisotopic (exact) mass is 365 g/mol. The first-order valence-corrected chi connectivity index (χ1v) is 8.14. The molecule has 1 amide bonds. The highest BCUT2D eigenvalue weighted by Gasteiger charge is 2.31. The third-order valence-corrected chi connectivity index (χ3v) is 4.14. The molecule has 0 N–H and O–H groups in total. The Hall–Kier alpha value is -2.71. The van der Waals surface area contributed by atoms with E-state index in [4.69, 9.17) is 0 Å². The Morgan fingerprint density at radius 2 is 1.65 bits per heavy atom. The van der Waals surface area contributed by atoms with Crippen LogP contribution in [-0.2, 0) is 6.18 Å². The molecule has 1 fully saturated rings. The summed E-state index contributed by atoms with van der Waals surface area (Å²) in [4.78, 5) is 28.3. The van der Waals surface area contributed by atoms with Gasteiger partial charge in [0.05, 0.1) is 5.56 Å². The molecule has 0 aromatic carbocycles. The zero-order valence-corrected chi connectivity index (χ0v) is 14.4. The minimum absolute atomic E-state index is 0.170. The lowest BCUT2D eigenvalue weighted by atomic mass is 10.2. The number of alkyl halides is 3. The second-order valence-corrected chi connectivity index (χ2v) is 6.16. The van der Waals surface area contributed by atoms with Gasteiger partial charge >= 0.3 is 6.18 Å². The van der Waals surface area contributed by atoms with E-state index < -0.39 is 11.7 Å². The van der Waals surface area contributed by atoms with Crippen molar-refractivity contribution in [3.05, 3.63) is 47.2 Å². The van der Waals surface area contributed by atoms with Crippen LogP contribution in [0.1, 0.15) is 27.6 Å². The summed E-state index contributed by atoms with van der Waals surface area (Å²) >= 11 is 0. The zero-order chi connectivity index (χ0) is 18.9. The third kappa shape index (κ3) is 3.92. The largest absolute Gasteiger partial charge is 0.417 e. The number of anilines is 1. The van der Waals surface area contributed by atoms with Gasteiger partial charge in [-0.15, -0.1) is 0 Å². The Bertz CT molecular complexity index is 779. The molecule has 2 aromatic heterocycles. The zero-order valence-electron chi connectivity index (χ0n) is 14.4. The minimum atomic E-state index is -4.40. The standard InChI is InChI=1S/C17H18F3N5O/c1-11-9-12(2)23-15(22-11)16(26)25-7-5-24(6-8-25)14-4-3-13(10-21-14)17(18,19)20/h3-4,9-10H,5-8H2,1-2H3. The number of aromatic nitrogens is 3. The van der Waals surface area contributed by atoms with Crippen LogP contribution >= 0.6 is 0 Å². The highest BCUT2D eigenvalue weighted by atomic mass is 19.4. The van der Waals surface area contributed by atoms with Crippen molar-refractivity contribution in [2.24, 2.45) is 0 Å². The van der Waals surface area contributed by atoms with Crippen molar-refractivity contribution in [3.63, 3.8) is 0 Å². The Morgan fingerprint density at radius 3 is 2.15 bits per heavy atom. The lowest BCUT2D eigenvalue weighted by molar-refractivity contribution is -0.137. The van der Waals surface area contributed by atoms with E-state index in [2.05, 4.69) is 15.0 Å². The smallest absolute Gasteiger partial charge is 0.353 e. The summed E-state index contributed by atoms with van der Waals surface area (Å²) in [5.74, 6) is 0.396. The SMILES string of the molecule is Cc1cc(C)nc(C(=O)N2CCN(c3ccc(C(F)(F)F)cn3)CC2)n1. The van der Waals surface area contributed by atoms with Crippen molar-refractivity contribution in [2.75, 3.05) is 31.1 Å². The normalized spacial score (nSPS) is 15.3. The van der Waals surface area contributed by atoms with Gasteiger partial charge in [-0.2, -0.15) is 13.2 Å². The summed E-state index contributed by atoms with van der Waals surface area (Å²) in [6, 6.07) is 4.17. The van der Waals surface area contributed by atoms with Crippen molar-refractivity contribution >= 4 is 11.7 Å². The van der Waals surface area contributed by atoms with Gasteiger partial charge in [0.2, 0.25) is 5.82 Å². The molecular weight excluding hydrogens is 347 g/mol. The Labute approximate surface area is 148 Å². The van der Waals surface area contributed by atoms with E-state index in [-0.39, 0.29) is 11.7 Å². The van der Waals surface area contributed by atoms with Gasteiger partial charge in [-0.05, 0) is 32.0 Å². The summed E-state index contributed by atoms with van der Waals surface area (Å²) in [7, 11) is 0. The molecule has 6 nitrogen and oxygen atoms in total. The van der Waals surface area contributed by atoms with Gasteiger partial charge in [-0.25, -0.2) is 15.0 Å². The highest BCUT2D eigenvalue weighted by molar-refractivity contribution is 5.90. The van der Waals surface area contributed by atoms with Gasteiger partial charge in [0.25, 0.3) is 5.91 Å². The topological polar surface area (TPSA) is 62.2 Å². The predicted molar refractivity (Wildman–Crippen MR) is 88.9 cm³/mol. The van der Waals surface area contributed by atoms with Crippen LogP contribution in [0.4, 0.5) is 19.0 Å². The van der Waals surface area contributed by atoms with Crippen molar-refractivity contribution in [3.8, 4) is 0 Å². The summed E-state index contributed by atoms with van der Waals surface area (Å²) in [5.41, 5.74) is 0.684. The summed E-state index contributed by atoms with van der Waals surface area (Å²) < 4.78 is 37.8. The average Bonchev–Trinajstić information content (AvgIpc) is 2.60. The number of piperazine rings is 1. The van der Waals surface area contributed by atoms with Crippen LogP contribution in [-0.4, -0.2) is 51.9 Å². The van der Waals surface area contributed by atoms with Crippen molar-refractivity contribution < 1.29 is 18.0 Å². The molecule has 2 aromatic rings. The number of pyridine rings is 1. The van der Waals surface area contributed by atoms with Gasteiger partial charge in [0, 0.05) is 43.8 Å². The van der Waals surface area contributed by atoms with Crippen LogP contribution < -0.4 is 4.90 Å². The number of halogens is 3. The second-order valence-electron chi connectivity index (χ2n) is 6.16. The molecule has 3 rings (SSSR count). The number of nitrogens with zero attached hydrogens (tertiary/aromatic N) is 5. The summed E-state index contributed by atoms with van der Waals surface area (Å²) in [6.45, 7) is 5.43. The van der Waals surface area contributed by atoms with Crippen LogP contribution in [0.3, 0.4) is 0 Å². The van der Waals surface area contributed by atoms with Gasteiger partial charge < -0.3 is 9.80 Å². The molecule has 9 heteroatoms. The average molecular weight is 365 g/mol. The number of amides is 1. The molecule has 26 heavy (non-hydrogen) atoms. The fourth-order valence-electron chi connectivity index (χ4n) is 2.84. The number of rotatable bonds is 2. The predicted octanol–water partition coefficient (Wildman–Crippen LogP) is 2.47. The van der Waals surface area contributed by atoms with Crippen molar-refractivity contribution in [1.82, 2.24) is 19.9 Å². The van der Waals surface area contributed by atoms with Gasteiger partial charge in [-0.1, -0.05) is 0 Å². The van der Waals surface area contributed by atoms with Crippen LogP contribution in [0, 0.1) is 13.8 Å². The van der Waals surface area contributed by atoms with Gasteiger partial charge in [0.15, 0.2) is 0 Å². The van der Waals surface area contributed by atoms with E-state index in [1.165, 1.54) is 6.07 Å². The molecule has 138 valence electrons. The quantitative estimate of drug-likeness (QED) is 0.818. The number of carbonyl (C=O) groups excluding carboxylic acids is 1. The van der Waals surface area contributed by atoms with Crippen LogP contribution in [0.5, 0.6) is 0 Å². The first kappa shape index (κ1) is 18.1. The molecule has 0 spiro atoms. The van der Waals surface area contributed by atoms with Gasteiger partial charge in [-0.3, -0.25) is 4.79 Å². The number of aryl methyl sites for hydroxylation is 2. The maximum atomic E-state index is 12.6. The molecule has 1 aliphatic heterocycles. The molecule has 3 heterocycles. The molecule has 0 aliphatic carbocycles. The Kier molecular flexibility index (Phi) is 4.80. The molecule has 1 aliphatic rings. The lowest BCUT2D eigenvalue weighted by Crippen LogP contribution is -2.49. The molecule has 0 unspecified atom stereocenters. The summed E-state index contributed by atoms with van der Waals surface area (Å²) in [5, 5.41) is 0. The van der Waals surface area contributed by atoms with E-state index >= 15 is 0 Å². The molecule has 0 bridgehead atoms. The number of hydrogen-bond donors (Lipinski definition) is 0. The van der Waals surface area contributed by atoms with E-state index in [9.17, 15) is 18.0 Å². The Balaban J connectivity index is 1.64. The fourth-order valence-corrected chi connectivity index (χ4v) is 2.84. The van der Waals surface area contributed by atoms with Crippen LogP contribution in [0.15, 0.2) is 24.4 Å². The van der Waals surface area contributed by atoms with E-state index in [0.717, 1.165) is 23.7 Å². The maximum Gasteiger partial charge on any atom is 0.417 e. The van der Waals surface area contributed by atoms with Gasteiger partial charge in [0.1, 0.15) is 5.82 Å². The molecule has 1 saturated heterocycles. The van der Waals surface area contributed by atoms with E-state index in [1.807, 2.05) is 4.90 Å². The maximum absolute atomic E-state index is 12.6. The van der Waals surface area contributed by atoms with Crippen molar-refractivity contribution in [1.29, 1.82) is 0 Å². The minimum Gasteiger partial charge on any atom is -0.353 e. The molecule has 0 saturated carbocycles. The molecule has 0 atom stereocenters. The van der Waals surface area contributed by atoms with Crippen molar-refractivity contribution in [2.45, 2.75) is 20.0 Å². The van der Waals surface area contributed by atoms with Crippen LogP contribution in [0.25, 0.3) is 0 Å². The molecular formula is C17H18F3N5O. The van der Waals surface area contributed by atoms with E-state index in [1.54, 1.807) is 24.8 Å². The number of hydrogen-bond acceptors (Lipinski definition) is 5. The third-order valence-electron chi connectivity index (χ3n) is 4.14. The fraction of sp³-hybridized carbons (Fsp3) is 0.412. The number of carbonyl (C=O) groups is 1. The second kappa shape index (κ2) is 6.89. The lowest BCUT2D eigenvalue weighted by Gasteiger charge is -2.35. The van der Waals surface area contributed by atoms with E-state index in [0.29, 0.717) is 32.0 Å². The first-order valence-electron chi connectivity index (χ1n) is 8.14. The van der Waals surface area contributed by atoms with Crippen LogP contribution in [0.2, 0.25) is 0 Å². The Morgan fingerprint density at radius 1 is 1.04 bits per heavy atom. The highest BCUT2D eigenvalue weighted by Crippen LogP contribution is 2.29. The summed E-state index contributed by atoms with van der Waals surface area (Å²) in [6.07, 6.45) is -3.57. The molecule has 0 radical (unpaired) electrons. The first-order chi connectivity index (χ1) is 12.2.